The monoisotopic (exact) mass is 378 g/mol. The van der Waals surface area contributed by atoms with Gasteiger partial charge in [0.15, 0.2) is 0 Å². The third-order valence-corrected chi connectivity index (χ3v) is 3.32. The van der Waals surface area contributed by atoms with E-state index in [2.05, 4.69) is 0 Å². The van der Waals surface area contributed by atoms with Gasteiger partial charge in [-0.25, -0.2) is 0 Å². The molecule has 0 amide bonds. The van der Waals surface area contributed by atoms with E-state index in [0.29, 0.717) is 5.02 Å². The third-order valence-electron chi connectivity index (χ3n) is 2.46. The molecule has 0 saturated carbocycles. The Morgan fingerprint density at radius 3 is 1.78 bits per heavy atom. The van der Waals surface area contributed by atoms with Crippen molar-refractivity contribution in [2.75, 3.05) is 11.5 Å². The van der Waals surface area contributed by atoms with Crippen LogP contribution in [-0.2, 0) is 0 Å². The Morgan fingerprint density at radius 2 is 1.39 bits per heavy atom. The Labute approximate surface area is 144 Å². The average molecular weight is 380 g/mol. The van der Waals surface area contributed by atoms with Crippen LogP contribution in [0.2, 0.25) is 15.1 Å². The summed E-state index contributed by atoms with van der Waals surface area (Å²) in [5, 5.41) is 21.1. The van der Waals surface area contributed by atoms with Crippen LogP contribution in [0.15, 0.2) is 30.3 Å². The van der Waals surface area contributed by atoms with E-state index in [1.54, 1.807) is 0 Å². The highest BCUT2D eigenvalue weighted by atomic mass is 35.5. The van der Waals surface area contributed by atoms with Gasteiger partial charge in [-0.1, -0.05) is 34.8 Å². The Bertz CT molecular complexity index is 747. The minimum Gasteiger partial charge on any atom is -0.396 e. The predicted molar refractivity (Wildman–Crippen MR) is 90.0 cm³/mol. The van der Waals surface area contributed by atoms with Crippen molar-refractivity contribution in [2.24, 2.45) is 0 Å². The molecule has 2 rings (SSSR count). The van der Waals surface area contributed by atoms with Crippen LogP contribution in [-0.4, -0.2) is 9.85 Å². The lowest BCUT2D eigenvalue weighted by molar-refractivity contribution is -0.384. The Balaban J connectivity index is 0.000000231. The maximum absolute atomic E-state index is 10.3. The number of benzene rings is 2. The van der Waals surface area contributed by atoms with Gasteiger partial charge < -0.3 is 11.5 Å². The van der Waals surface area contributed by atoms with E-state index in [-0.39, 0.29) is 32.8 Å². The summed E-state index contributed by atoms with van der Waals surface area (Å²) >= 11 is 16.6. The van der Waals surface area contributed by atoms with Crippen LogP contribution in [0.4, 0.5) is 22.7 Å². The van der Waals surface area contributed by atoms with Gasteiger partial charge in [-0.3, -0.25) is 20.2 Å². The maximum Gasteiger partial charge on any atom is 0.292 e. The number of nitro benzene ring substituents is 2. The summed E-state index contributed by atoms with van der Waals surface area (Å²) in [5.41, 5.74) is 10.6. The topological polar surface area (TPSA) is 138 Å². The van der Waals surface area contributed by atoms with E-state index in [0.717, 1.165) is 12.1 Å². The highest BCUT2D eigenvalue weighted by Gasteiger charge is 2.11. The second-order valence-corrected chi connectivity index (χ2v) is 5.29. The fraction of sp³-hybridized carbons (Fsp3) is 0. The number of nitrogen functional groups attached to an aromatic ring is 2. The molecular formula is C12H9Cl3N4O4. The van der Waals surface area contributed by atoms with Crippen molar-refractivity contribution in [2.45, 2.75) is 0 Å². The number of anilines is 2. The van der Waals surface area contributed by atoms with Gasteiger partial charge in [0.05, 0.1) is 25.6 Å². The molecule has 0 aliphatic rings. The zero-order chi connectivity index (χ0) is 17.7. The SMILES string of the molecule is Nc1c(Cl)cc([N+](=O)[O-])cc1Cl.Nc1cc(Cl)ccc1[N+](=O)[O-]. The van der Waals surface area contributed by atoms with Crippen LogP contribution in [0.3, 0.4) is 0 Å². The molecule has 0 spiro atoms. The van der Waals surface area contributed by atoms with Crippen LogP contribution in [0.25, 0.3) is 0 Å². The first-order valence-electron chi connectivity index (χ1n) is 5.71. The summed E-state index contributed by atoms with van der Waals surface area (Å²) in [6.45, 7) is 0. The van der Waals surface area contributed by atoms with Crippen molar-refractivity contribution in [1.29, 1.82) is 0 Å². The molecule has 4 N–H and O–H groups in total. The average Bonchev–Trinajstić information content (AvgIpc) is 2.44. The van der Waals surface area contributed by atoms with Gasteiger partial charge in [0, 0.05) is 23.2 Å². The van der Waals surface area contributed by atoms with E-state index < -0.39 is 9.85 Å². The number of nitrogens with zero attached hydrogens (tertiary/aromatic N) is 2. The molecular weight excluding hydrogens is 371 g/mol. The third kappa shape index (κ3) is 5.13. The number of hydrogen-bond donors (Lipinski definition) is 2. The quantitative estimate of drug-likeness (QED) is 0.452. The summed E-state index contributed by atoms with van der Waals surface area (Å²) in [4.78, 5) is 19.3. The van der Waals surface area contributed by atoms with Crippen molar-refractivity contribution in [3.63, 3.8) is 0 Å². The van der Waals surface area contributed by atoms with E-state index in [9.17, 15) is 20.2 Å². The smallest absolute Gasteiger partial charge is 0.292 e. The summed E-state index contributed by atoms with van der Waals surface area (Å²) in [5.74, 6) is 0. The molecule has 11 heteroatoms. The number of halogens is 3. The molecule has 0 atom stereocenters. The summed E-state index contributed by atoms with van der Waals surface area (Å²) < 4.78 is 0. The number of non-ortho nitro benzene ring substituents is 1. The van der Waals surface area contributed by atoms with E-state index in [1.807, 2.05) is 0 Å². The van der Waals surface area contributed by atoms with Gasteiger partial charge in [-0.15, -0.1) is 0 Å². The molecule has 0 unspecified atom stereocenters. The largest absolute Gasteiger partial charge is 0.396 e. The molecule has 0 aromatic heterocycles. The van der Waals surface area contributed by atoms with Gasteiger partial charge in [0.2, 0.25) is 0 Å². The summed E-state index contributed by atoms with van der Waals surface area (Å²) in [7, 11) is 0. The Morgan fingerprint density at radius 1 is 0.870 bits per heavy atom. The summed E-state index contributed by atoms with van der Waals surface area (Å²) in [6, 6.07) is 6.36. The molecule has 0 heterocycles. The number of nitro groups is 2. The van der Waals surface area contributed by atoms with Crippen LogP contribution in [0.5, 0.6) is 0 Å². The van der Waals surface area contributed by atoms with Crippen LogP contribution < -0.4 is 11.5 Å². The molecule has 2 aromatic rings. The van der Waals surface area contributed by atoms with Crippen molar-refractivity contribution < 1.29 is 9.85 Å². The lowest BCUT2D eigenvalue weighted by atomic mass is 10.3. The molecule has 0 bridgehead atoms. The highest BCUT2D eigenvalue weighted by Crippen LogP contribution is 2.31. The zero-order valence-electron chi connectivity index (χ0n) is 11.2. The van der Waals surface area contributed by atoms with E-state index in [4.69, 9.17) is 46.3 Å². The van der Waals surface area contributed by atoms with Crippen molar-refractivity contribution in [3.8, 4) is 0 Å². The first kappa shape index (κ1) is 18.8. The van der Waals surface area contributed by atoms with Gasteiger partial charge in [-0.05, 0) is 12.1 Å². The van der Waals surface area contributed by atoms with Gasteiger partial charge in [0.1, 0.15) is 5.69 Å². The predicted octanol–water partition coefficient (Wildman–Crippen LogP) is 4.31. The van der Waals surface area contributed by atoms with Crippen LogP contribution >= 0.6 is 34.8 Å². The fourth-order valence-corrected chi connectivity index (χ4v) is 2.02. The van der Waals surface area contributed by atoms with Gasteiger partial charge in [-0.2, -0.15) is 0 Å². The van der Waals surface area contributed by atoms with Crippen molar-refractivity contribution in [3.05, 3.63) is 65.6 Å². The van der Waals surface area contributed by atoms with Gasteiger partial charge >= 0.3 is 0 Å². The molecule has 0 saturated heterocycles. The number of nitrogens with two attached hydrogens (primary N) is 2. The Kier molecular flexibility index (Phi) is 6.38. The molecule has 2 aromatic carbocycles. The van der Waals surface area contributed by atoms with Crippen molar-refractivity contribution >= 4 is 57.6 Å². The first-order valence-corrected chi connectivity index (χ1v) is 6.85. The summed E-state index contributed by atoms with van der Waals surface area (Å²) in [6.07, 6.45) is 0. The fourth-order valence-electron chi connectivity index (χ4n) is 1.37. The molecule has 23 heavy (non-hydrogen) atoms. The molecule has 0 aliphatic carbocycles. The van der Waals surface area contributed by atoms with E-state index >= 15 is 0 Å². The number of hydrogen-bond acceptors (Lipinski definition) is 6. The minimum absolute atomic E-state index is 0.0856. The van der Waals surface area contributed by atoms with Crippen LogP contribution in [0.1, 0.15) is 0 Å². The van der Waals surface area contributed by atoms with Crippen molar-refractivity contribution in [1.82, 2.24) is 0 Å². The van der Waals surface area contributed by atoms with Crippen LogP contribution in [0, 0.1) is 20.2 Å². The maximum atomic E-state index is 10.3. The zero-order valence-corrected chi connectivity index (χ0v) is 13.5. The lowest BCUT2D eigenvalue weighted by Crippen LogP contribution is -1.94. The normalized spacial score (nSPS) is 9.70. The second kappa shape index (κ2) is 7.82. The first-order chi connectivity index (χ1) is 10.6. The molecule has 0 radical (unpaired) electrons. The standard InChI is InChI=1S/C6H4Cl2N2O2.C6H5ClN2O2/c7-4-1-3(10(11)12)2-5(8)6(4)9;7-4-1-2-6(9(10)11)5(8)3-4/h1-2H,9H2;1-3H,8H2. The second-order valence-electron chi connectivity index (χ2n) is 4.04. The number of rotatable bonds is 2. The lowest BCUT2D eigenvalue weighted by Gasteiger charge is -1.99. The van der Waals surface area contributed by atoms with E-state index in [1.165, 1.54) is 18.2 Å². The highest BCUT2D eigenvalue weighted by molar-refractivity contribution is 6.39. The molecule has 0 fully saturated rings. The Hall–Kier alpha value is -2.29. The minimum atomic E-state index is -0.586. The molecule has 122 valence electrons. The molecule has 0 aliphatic heterocycles. The molecule has 8 nitrogen and oxygen atoms in total. The van der Waals surface area contributed by atoms with Gasteiger partial charge in [0.25, 0.3) is 11.4 Å².